The van der Waals surface area contributed by atoms with Gasteiger partial charge in [-0.05, 0) is 60.9 Å². The van der Waals surface area contributed by atoms with Crippen molar-refractivity contribution >= 4 is 5.91 Å². The molecule has 0 bridgehead atoms. The van der Waals surface area contributed by atoms with Crippen LogP contribution >= 0.6 is 0 Å². The number of aryl methyl sites for hydroxylation is 1. The maximum Gasteiger partial charge on any atom is 0.268 e. The molecule has 30 heavy (non-hydrogen) atoms. The van der Waals surface area contributed by atoms with Gasteiger partial charge in [0, 0.05) is 36.9 Å². The van der Waals surface area contributed by atoms with Crippen molar-refractivity contribution in [3.8, 4) is 11.1 Å². The predicted octanol–water partition coefficient (Wildman–Crippen LogP) is 4.79. The molecular formula is C25H24N4O. The lowest BCUT2D eigenvalue weighted by Crippen LogP contribution is -2.29. The second-order valence-electron chi connectivity index (χ2n) is 7.35. The molecule has 5 heteroatoms. The number of carbonyl (C=O) groups is 1. The molecule has 1 N–H and O–H groups in total. The Kier molecular flexibility index (Phi) is 5.70. The number of carbonyl (C=O) groups excluding carboxylic acids is 1. The molecule has 1 atom stereocenters. The van der Waals surface area contributed by atoms with E-state index in [0.29, 0.717) is 12.2 Å². The molecule has 1 amide bonds. The van der Waals surface area contributed by atoms with Gasteiger partial charge in [-0.1, -0.05) is 30.3 Å². The number of benzene rings is 1. The second-order valence-corrected chi connectivity index (χ2v) is 7.35. The number of nitrogens with one attached hydrogen (secondary N) is 1. The van der Waals surface area contributed by atoms with Gasteiger partial charge in [0.05, 0.1) is 11.7 Å². The largest absolute Gasteiger partial charge is 0.343 e. The lowest BCUT2D eigenvalue weighted by molar-refractivity contribution is 0.0930. The summed E-state index contributed by atoms with van der Waals surface area (Å²) in [6.45, 7) is 4.66. The zero-order valence-electron chi connectivity index (χ0n) is 17.1. The van der Waals surface area contributed by atoms with Crippen molar-refractivity contribution < 1.29 is 4.79 Å². The van der Waals surface area contributed by atoms with Crippen LogP contribution in [-0.4, -0.2) is 20.4 Å². The average molecular weight is 396 g/mol. The summed E-state index contributed by atoms with van der Waals surface area (Å²) in [5.74, 6) is -0.123. The van der Waals surface area contributed by atoms with Gasteiger partial charge < -0.3 is 9.88 Å². The first-order valence-corrected chi connectivity index (χ1v) is 9.98. The van der Waals surface area contributed by atoms with Crippen LogP contribution in [0.1, 0.15) is 40.3 Å². The Morgan fingerprint density at radius 2 is 1.77 bits per heavy atom. The van der Waals surface area contributed by atoms with E-state index in [1.165, 1.54) is 11.1 Å². The fourth-order valence-corrected chi connectivity index (χ4v) is 3.48. The average Bonchev–Trinajstić information content (AvgIpc) is 3.20. The van der Waals surface area contributed by atoms with Gasteiger partial charge in [0.25, 0.3) is 5.91 Å². The fraction of sp³-hybridized carbons (Fsp3) is 0.160. The van der Waals surface area contributed by atoms with E-state index in [2.05, 4.69) is 34.3 Å². The molecule has 0 saturated heterocycles. The Morgan fingerprint density at radius 3 is 2.50 bits per heavy atom. The molecule has 5 nitrogen and oxygen atoms in total. The van der Waals surface area contributed by atoms with E-state index in [4.69, 9.17) is 0 Å². The van der Waals surface area contributed by atoms with E-state index in [1.807, 2.05) is 66.2 Å². The number of aromatic nitrogens is 3. The molecule has 3 heterocycles. The summed E-state index contributed by atoms with van der Waals surface area (Å²) in [5, 5.41) is 3.08. The highest BCUT2D eigenvalue weighted by atomic mass is 16.2. The highest BCUT2D eigenvalue weighted by Gasteiger charge is 2.18. The van der Waals surface area contributed by atoms with Crippen LogP contribution in [0.25, 0.3) is 11.1 Å². The maximum atomic E-state index is 13.2. The smallest absolute Gasteiger partial charge is 0.268 e. The van der Waals surface area contributed by atoms with Crippen molar-refractivity contribution in [1.82, 2.24) is 19.9 Å². The SMILES string of the molecule is Cc1ccccc1Cn1cc(-c2ccncc2)cc1C(=O)N[C@H](C)c1ccccn1. The van der Waals surface area contributed by atoms with E-state index in [9.17, 15) is 4.79 Å². The molecule has 0 aliphatic rings. The monoisotopic (exact) mass is 396 g/mol. The molecule has 4 aromatic rings. The first-order chi connectivity index (χ1) is 14.6. The van der Waals surface area contributed by atoms with Crippen molar-refractivity contribution in [2.45, 2.75) is 26.4 Å². The van der Waals surface area contributed by atoms with Crippen LogP contribution in [0.3, 0.4) is 0 Å². The highest BCUT2D eigenvalue weighted by molar-refractivity contribution is 5.94. The van der Waals surface area contributed by atoms with Crippen LogP contribution in [-0.2, 0) is 6.54 Å². The molecule has 0 saturated carbocycles. The minimum Gasteiger partial charge on any atom is -0.343 e. The molecule has 4 rings (SSSR count). The predicted molar refractivity (Wildman–Crippen MR) is 118 cm³/mol. The van der Waals surface area contributed by atoms with E-state index in [1.54, 1.807) is 18.6 Å². The van der Waals surface area contributed by atoms with Crippen molar-refractivity contribution in [2.24, 2.45) is 0 Å². The fourth-order valence-electron chi connectivity index (χ4n) is 3.48. The van der Waals surface area contributed by atoms with Crippen LogP contribution in [0.4, 0.5) is 0 Å². The van der Waals surface area contributed by atoms with Gasteiger partial charge in [0.15, 0.2) is 0 Å². The Bertz CT molecular complexity index is 1140. The summed E-state index contributed by atoms with van der Waals surface area (Å²) in [5.41, 5.74) is 5.85. The number of nitrogens with zero attached hydrogens (tertiary/aromatic N) is 3. The summed E-state index contributed by atoms with van der Waals surface area (Å²) in [6.07, 6.45) is 7.29. The summed E-state index contributed by atoms with van der Waals surface area (Å²) >= 11 is 0. The Labute approximate surface area is 176 Å². The van der Waals surface area contributed by atoms with E-state index in [-0.39, 0.29) is 11.9 Å². The van der Waals surface area contributed by atoms with E-state index >= 15 is 0 Å². The van der Waals surface area contributed by atoms with Gasteiger partial charge in [0.1, 0.15) is 5.69 Å². The molecule has 0 unspecified atom stereocenters. The molecule has 0 aliphatic carbocycles. The summed E-state index contributed by atoms with van der Waals surface area (Å²) in [4.78, 5) is 21.6. The number of pyridine rings is 2. The van der Waals surface area contributed by atoms with Crippen LogP contribution in [0.15, 0.2) is 85.5 Å². The molecule has 3 aromatic heterocycles. The Morgan fingerprint density at radius 1 is 1.00 bits per heavy atom. The third-order valence-electron chi connectivity index (χ3n) is 5.22. The van der Waals surface area contributed by atoms with Crippen molar-refractivity contribution in [1.29, 1.82) is 0 Å². The first kappa shape index (κ1) is 19.6. The summed E-state index contributed by atoms with van der Waals surface area (Å²) in [6, 6.07) is 19.6. The minimum atomic E-state index is -0.190. The van der Waals surface area contributed by atoms with E-state index in [0.717, 1.165) is 16.8 Å². The van der Waals surface area contributed by atoms with Crippen LogP contribution in [0.5, 0.6) is 0 Å². The summed E-state index contributed by atoms with van der Waals surface area (Å²) < 4.78 is 2.01. The van der Waals surface area contributed by atoms with Gasteiger partial charge in [-0.25, -0.2) is 0 Å². The number of amides is 1. The highest BCUT2D eigenvalue weighted by Crippen LogP contribution is 2.24. The van der Waals surface area contributed by atoms with Gasteiger partial charge in [-0.2, -0.15) is 0 Å². The molecule has 0 spiro atoms. The second kappa shape index (κ2) is 8.74. The molecule has 1 aromatic carbocycles. The summed E-state index contributed by atoms with van der Waals surface area (Å²) in [7, 11) is 0. The lowest BCUT2D eigenvalue weighted by Gasteiger charge is -2.15. The van der Waals surface area contributed by atoms with E-state index < -0.39 is 0 Å². The molecule has 0 fully saturated rings. The normalized spacial score (nSPS) is 11.8. The zero-order valence-corrected chi connectivity index (χ0v) is 17.1. The number of hydrogen-bond acceptors (Lipinski definition) is 3. The molecule has 0 radical (unpaired) electrons. The third kappa shape index (κ3) is 4.30. The van der Waals surface area contributed by atoms with Crippen LogP contribution in [0.2, 0.25) is 0 Å². The molecule has 150 valence electrons. The van der Waals surface area contributed by atoms with Crippen molar-refractivity contribution in [3.05, 3.63) is 108 Å². The van der Waals surface area contributed by atoms with Gasteiger partial charge in [0.2, 0.25) is 0 Å². The van der Waals surface area contributed by atoms with Gasteiger partial charge in [-0.15, -0.1) is 0 Å². The zero-order chi connectivity index (χ0) is 20.9. The first-order valence-electron chi connectivity index (χ1n) is 9.98. The van der Waals surface area contributed by atoms with Crippen molar-refractivity contribution in [3.63, 3.8) is 0 Å². The van der Waals surface area contributed by atoms with Gasteiger partial charge in [-0.3, -0.25) is 14.8 Å². The lowest BCUT2D eigenvalue weighted by atomic mass is 10.1. The number of rotatable bonds is 6. The topological polar surface area (TPSA) is 59.8 Å². The standard InChI is InChI=1S/C25H24N4O/c1-18-7-3-4-8-21(18)16-29-17-22(20-10-13-26-14-11-20)15-24(29)25(30)28-19(2)23-9-5-6-12-27-23/h3-15,17,19H,16H2,1-2H3,(H,28,30)/t19-/m1/s1. The maximum absolute atomic E-state index is 13.2. The minimum absolute atomic E-state index is 0.123. The van der Waals surface area contributed by atoms with Crippen LogP contribution in [0, 0.1) is 6.92 Å². The van der Waals surface area contributed by atoms with Crippen molar-refractivity contribution in [2.75, 3.05) is 0 Å². The van der Waals surface area contributed by atoms with Gasteiger partial charge >= 0.3 is 0 Å². The third-order valence-corrected chi connectivity index (χ3v) is 5.22. The quantitative estimate of drug-likeness (QED) is 0.510. The molecular weight excluding hydrogens is 372 g/mol. The Balaban J connectivity index is 1.67. The number of hydrogen-bond donors (Lipinski definition) is 1. The van der Waals surface area contributed by atoms with Crippen LogP contribution < -0.4 is 5.32 Å². The Hall–Kier alpha value is -3.73. The molecule has 0 aliphatic heterocycles.